The van der Waals surface area contributed by atoms with E-state index in [0.29, 0.717) is 35.8 Å². The Kier molecular flexibility index (Phi) is 6.56. The SMILES string of the molecule is CS(=O)(=O)CC(=O)Nc1c(CCC2CC2)nn2c1C(=O)N[C@@]1(CCOc3cc(OCC(F)(F)F)ccc31)C2. The van der Waals surface area contributed by atoms with E-state index in [1.165, 1.54) is 16.8 Å². The van der Waals surface area contributed by atoms with Crippen molar-refractivity contribution in [3.05, 3.63) is 35.2 Å². The molecule has 0 radical (unpaired) electrons. The number of halogens is 3. The van der Waals surface area contributed by atoms with Crippen molar-refractivity contribution in [2.45, 2.75) is 50.4 Å². The van der Waals surface area contributed by atoms with Crippen molar-refractivity contribution in [1.82, 2.24) is 15.1 Å². The minimum Gasteiger partial charge on any atom is -0.493 e. The van der Waals surface area contributed by atoms with E-state index in [4.69, 9.17) is 9.47 Å². The van der Waals surface area contributed by atoms with E-state index in [0.717, 1.165) is 25.5 Å². The molecule has 5 rings (SSSR count). The number of hydrogen-bond donors (Lipinski definition) is 2. The van der Waals surface area contributed by atoms with Crippen LogP contribution in [0, 0.1) is 5.92 Å². The predicted molar refractivity (Wildman–Crippen MR) is 129 cm³/mol. The molecule has 2 N–H and O–H groups in total. The summed E-state index contributed by atoms with van der Waals surface area (Å²) in [5.41, 5.74) is 0.453. The second-order valence-electron chi connectivity index (χ2n) is 10.1. The predicted octanol–water partition coefficient (Wildman–Crippen LogP) is 2.57. The van der Waals surface area contributed by atoms with Crippen LogP contribution in [-0.4, -0.2) is 61.4 Å². The number of sulfone groups is 1. The standard InChI is InChI=1S/C24H27F3N4O6S/c1-38(34,35)11-19(32)28-20-17(7-4-14-2-3-14)30-31-12-23(29-22(33)21(20)31)8-9-36-18-10-15(5-6-16(18)23)37-13-24(25,26)27/h5-6,10,14H,2-4,7-9,11-13H2,1H3,(H,28,32)(H,29,33)/t23-/m0/s1. The van der Waals surface area contributed by atoms with Crippen molar-refractivity contribution in [2.75, 3.05) is 30.5 Å². The number of carbonyl (C=O) groups is 2. The first-order chi connectivity index (χ1) is 17.8. The molecule has 10 nitrogen and oxygen atoms in total. The minimum absolute atomic E-state index is 0.0155. The Bertz CT molecular complexity index is 1390. The number of nitrogens with zero attached hydrogens (tertiary/aromatic N) is 2. The summed E-state index contributed by atoms with van der Waals surface area (Å²) >= 11 is 0. The number of amides is 2. The van der Waals surface area contributed by atoms with Crippen molar-refractivity contribution >= 4 is 27.3 Å². The number of alkyl halides is 3. The van der Waals surface area contributed by atoms with Crippen LogP contribution in [0.2, 0.25) is 0 Å². The van der Waals surface area contributed by atoms with Gasteiger partial charge in [-0.15, -0.1) is 0 Å². The lowest BCUT2D eigenvalue weighted by molar-refractivity contribution is -0.153. The molecule has 1 aliphatic carbocycles. The molecule has 3 heterocycles. The fourth-order valence-corrected chi connectivity index (χ4v) is 5.48. The normalized spacial score (nSPS) is 20.8. The van der Waals surface area contributed by atoms with Gasteiger partial charge in [0.25, 0.3) is 5.91 Å². The van der Waals surface area contributed by atoms with Gasteiger partial charge in [0.05, 0.1) is 30.1 Å². The molecule has 38 heavy (non-hydrogen) atoms. The van der Waals surface area contributed by atoms with Gasteiger partial charge in [0.1, 0.15) is 22.9 Å². The lowest BCUT2D eigenvalue weighted by Crippen LogP contribution is -2.55. The average Bonchev–Trinajstić information content (AvgIpc) is 3.56. The molecule has 1 aromatic heterocycles. The maximum absolute atomic E-state index is 13.5. The largest absolute Gasteiger partial charge is 0.493 e. The first-order valence-electron chi connectivity index (χ1n) is 12.2. The lowest BCUT2D eigenvalue weighted by Gasteiger charge is -2.42. The van der Waals surface area contributed by atoms with Crippen LogP contribution in [0.5, 0.6) is 11.5 Å². The van der Waals surface area contributed by atoms with Gasteiger partial charge >= 0.3 is 6.18 Å². The minimum atomic E-state index is -4.49. The van der Waals surface area contributed by atoms with Crippen LogP contribution in [0.1, 0.15) is 47.4 Å². The molecule has 2 amide bonds. The van der Waals surface area contributed by atoms with Gasteiger partial charge in [-0.05, 0) is 30.9 Å². The zero-order chi connectivity index (χ0) is 27.3. The number of nitrogens with one attached hydrogen (secondary N) is 2. The number of hydrogen-bond acceptors (Lipinski definition) is 7. The van der Waals surface area contributed by atoms with Gasteiger partial charge < -0.3 is 20.1 Å². The second kappa shape index (κ2) is 9.47. The Morgan fingerprint density at radius 3 is 2.79 bits per heavy atom. The van der Waals surface area contributed by atoms with E-state index in [9.17, 15) is 31.2 Å². The van der Waals surface area contributed by atoms with Gasteiger partial charge in [0.2, 0.25) is 5.91 Å². The van der Waals surface area contributed by atoms with Gasteiger partial charge in [-0.1, -0.05) is 12.8 Å². The van der Waals surface area contributed by atoms with Crippen LogP contribution in [0.3, 0.4) is 0 Å². The fraction of sp³-hybridized carbons (Fsp3) is 0.542. The van der Waals surface area contributed by atoms with Gasteiger partial charge in [-0.2, -0.15) is 18.3 Å². The Morgan fingerprint density at radius 2 is 2.11 bits per heavy atom. The van der Waals surface area contributed by atoms with Crippen LogP contribution >= 0.6 is 0 Å². The highest BCUT2D eigenvalue weighted by Gasteiger charge is 2.46. The third kappa shape index (κ3) is 5.74. The van der Waals surface area contributed by atoms with Gasteiger partial charge in [0, 0.05) is 24.3 Å². The molecule has 2 aliphatic heterocycles. The van der Waals surface area contributed by atoms with Crippen molar-refractivity contribution < 1.29 is 40.7 Å². The number of aromatic nitrogens is 2. The number of fused-ring (bicyclic) bond motifs is 3. The Balaban J connectivity index is 1.46. The Morgan fingerprint density at radius 1 is 1.34 bits per heavy atom. The average molecular weight is 557 g/mol. The van der Waals surface area contributed by atoms with Crippen molar-refractivity contribution in [2.24, 2.45) is 5.92 Å². The molecule has 0 unspecified atom stereocenters. The van der Waals surface area contributed by atoms with E-state index < -0.39 is 45.7 Å². The molecule has 1 fully saturated rings. The summed E-state index contributed by atoms with van der Waals surface area (Å²) < 4.78 is 73.0. The molecule has 0 saturated heterocycles. The van der Waals surface area contributed by atoms with Crippen LogP contribution in [0.25, 0.3) is 0 Å². The number of anilines is 1. The van der Waals surface area contributed by atoms with Crippen molar-refractivity contribution in [3.8, 4) is 11.5 Å². The maximum atomic E-state index is 13.5. The highest BCUT2D eigenvalue weighted by molar-refractivity contribution is 7.91. The lowest BCUT2D eigenvalue weighted by atomic mass is 9.83. The summed E-state index contributed by atoms with van der Waals surface area (Å²) in [7, 11) is -3.59. The summed E-state index contributed by atoms with van der Waals surface area (Å²) in [6.45, 7) is -1.06. The molecular formula is C24H27F3N4O6S. The Hall–Kier alpha value is -3.29. The van der Waals surface area contributed by atoms with E-state index in [2.05, 4.69) is 15.7 Å². The van der Waals surface area contributed by atoms with E-state index in [1.807, 2.05) is 0 Å². The molecule has 2 aromatic rings. The maximum Gasteiger partial charge on any atom is 0.422 e. The third-order valence-corrected chi connectivity index (χ3v) is 7.60. The fourth-order valence-electron chi connectivity index (χ4n) is 4.93. The number of benzene rings is 1. The molecule has 14 heteroatoms. The van der Waals surface area contributed by atoms with Crippen LogP contribution in [-0.2, 0) is 33.1 Å². The smallest absolute Gasteiger partial charge is 0.422 e. The molecule has 206 valence electrons. The van der Waals surface area contributed by atoms with Gasteiger partial charge in [0.15, 0.2) is 16.4 Å². The first-order valence-corrected chi connectivity index (χ1v) is 14.2. The van der Waals surface area contributed by atoms with Crippen molar-refractivity contribution in [1.29, 1.82) is 0 Å². The van der Waals surface area contributed by atoms with Crippen molar-refractivity contribution in [3.63, 3.8) is 0 Å². The third-order valence-electron chi connectivity index (χ3n) is 6.81. The molecular weight excluding hydrogens is 529 g/mol. The molecule has 1 spiro atoms. The van der Waals surface area contributed by atoms with E-state index in [1.54, 1.807) is 6.07 Å². The quantitative estimate of drug-likeness (QED) is 0.512. The molecule has 0 bridgehead atoms. The monoisotopic (exact) mass is 556 g/mol. The second-order valence-corrected chi connectivity index (χ2v) is 12.3. The van der Waals surface area contributed by atoms with E-state index in [-0.39, 0.29) is 30.3 Å². The summed E-state index contributed by atoms with van der Waals surface area (Å²) in [6, 6.07) is 4.33. The molecule has 1 saturated carbocycles. The van der Waals surface area contributed by atoms with Crippen LogP contribution < -0.4 is 20.1 Å². The molecule has 1 aromatic carbocycles. The number of ether oxygens (including phenoxy) is 2. The van der Waals surface area contributed by atoms with Gasteiger partial charge in [-0.25, -0.2) is 8.42 Å². The number of aryl methyl sites for hydroxylation is 1. The first kappa shape index (κ1) is 26.3. The summed E-state index contributed by atoms with van der Waals surface area (Å²) in [5.74, 6) is -1.16. The molecule has 1 atom stereocenters. The molecule has 3 aliphatic rings. The zero-order valence-corrected chi connectivity index (χ0v) is 21.4. The number of carbonyl (C=O) groups excluding carboxylic acids is 2. The van der Waals surface area contributed by atoms with E-state index >= 15 is 0 Å². The zero-order valence-electron chi connectivity index (χ0n) is 20.6. The van der Waals surface area contributed by atoms with Crippen LogP contribution in [0.4, 0.5) is 18.9 Å². The van der Waals surface area contributed by atoms with Crippen LogP contribution in [0.15, 0.2) is 18.2 Å². The topological polar surface area (TPSA) is 129 Å². The van der Waals surface area contributed by atoms with Gasteiger partial charge in [-0.3, -0.25) is 14.3 Å². The Labute approximate surface area is 216 Å². The summed E-state index contributed by atoms with van der Waals surface area (Å²) in [5, 5.41) is 10.2. The number of rotatable bonds is 8. The summed E-state index contributed by atoms with van der Waals surface area (Å²) in [6.07, 6.45) is 0.399. The highest BCUT2D eigenvalue weighted by atomic mass is 32.2. The summed E-state index contributed by atoms with van der Waals surface area (Å²) in [4.78, 5) is 25.9. The highest BCUT2D eigenvalue weighted by Crippen LogP contribution is 2.43.